The summed E-state index contributed by atoms with van der Waals surface area (Å²) in [5.41, 5.74) is 1.84. The van der Waals surface area contributed by atoms with E-state index in [9.17, 15) is 0 Å². The fourth-order valence-electron chi connectivity index (χ4n) is 1.59. The highest BCUT2D eigenvalue weighted by Gasteiger charge is 2.00. The van der Waals surface area contributed by atoms with E-state index in [1.807, 2.05) is 29.5 Å². The highest BCUT2D eigenvalue weighted by molar-refractivity contribution is 6.31. The molecule has 3 aromatic rings. The standard InChI is InChI=1S/C9H6ClN4/c1-5-12-13-9-11-7-4-6(10)2-3-8(7)14(5)9/h2-4H,1H3/q-1. The summed E-state index contributed by atoms with van der Waals surface area (Å²) in [5.74, 6) is 1.46. The Morgan fingerprint density at radius 2 is 2.21 bits per heavy atom. The number of rotatable bonds is 0. The summed E-state index contributed by atoms with van der Waals surface area (Å²) in [6.07, 6.45) is 0. The summed E-state index contributed by atoms with van der Waals surface area (Å²) in [6, 6.07) is 5.59. The van der Waals surface area contributed by atoms with Crippen LogP contribution in [0, 0.1) is 6.92 Å². The summed E-state index contributed by atoms with van der Waals surface area (Å²) in [7, 11) is 0. The van der Waals surface area contributed by atoms with Crippen LogP contribution in [0.25, 0.3) is 16.8 Å². The lowest BCUT2D eigenvalue weighted by atomic mass is 10.3. The van der Waals surface area contributed by atoms with Gasteiger partial charge in [-0.1, -0.05) is 17.7 Å². The van der Waals surface area contributed by atoms with Gasteiger partial charge in [-0.15, -0.1) is 0 Å². The molecular weight excluding hydrogens is 200 g/mol. The van der Waals surface area contributed by atoms with Gasteiger partial charge in [0.25, 0.3) is 0 Å². The molecule has 0 atom stereocenters. The molecule has 0 bridgehead atoms. The maximum absolute atomic E-state index is 5.87. The first-order valence-electron chi connectivity index (χ1n) is 4.19. The third-order valence-electron chi connectivity index (χ3n) is 2.21. The number of fused-ring (bicyclic) bond motifs is 3. The predicted molar refractivity (Wildman–Crippen MR) is 53.6 cm³/mol. The largest absolute Gasteiger partial charge is 0.357 e. The van der Waals surface area contributed by atoms with Crippen molar-refractivity contribution >= 4 is 28.4 Å². The lowest BCUT2D eigenvalue weighted by Crippen LogP contribution is -1.83. The molecule has 0 unspecified atom stereocenters. The minimum Gasteiger partial charge on any atom is -0.357 e. The van der Waals surface area contributed by atoms with Gasteiger partial charge < -0.3 is 9.38 Å². The molecule has 0 N–H and O–H groups in total. The molecule has 14 heavy (non-hydrogen) atoms. The van der Waals surface area contributed by atoms with Gasteiger partial charge in [0.05, 0.1) is 5.82 Å². The third-order valence-corrected chi connectivity index (χ3v) is 2.44. The number of halogens is 1. The number of aromatic nitrogens is 4. The average molecular weight is 206 g/mol. The molecule has 0 spiro atoms. The van der Waals surface area contributed by atoms with Crippen LogP contribution in [-0.4, -0.2) is 14.6 Å². The number of aryl methyl sites for hydroxylation is 1. The highest BCUT2D eigenvalue weighted by Crippen LogP contribution is 2.19. The molecule has 1 aromatic carbocycles. The van der Waals surface area contributed by atoms with Crippen molar-refractivity contribution in [3.05, 3.63) is 29.0 Å². The maximum Gasteiger partial charge on any atom is 0.0626 e. The fraction of sp³-hybridized carbons (Fsp3) is 0.111. The van der Waals surface area contributed by atoms with E-state index in [0.717, 1.165) is 16.9 Å². The highest BCUT2D eigenvalue weighted by atomic mass is 35.5. The first-order valence-corrected chi connectivity index (χ1v) is 4.57. The number of hydrogen-bond acceptors (Lipinski definition) is 2. The second-order valence-corrected chi connectivity index (χ2v) is 3.56. The Labute approximate surface area is 84.5 Å². The van der Waals surface area contributed by atoms with Gasteiger partial charge in [0.1, 0.15) is 0 Å². The van der Waals surface area contributed by atoms with E-state index < -0.39 is 0 Å². The van der Waals surface area contributed by atoms with E-state index in [1.54, 1.807) is 0 Å². The molecule has 0 aliphatic carbocycles. The lowest BCUT2D eigenvalue weighted by Gasteiger charge is -1.97. The molecule has 0 fully saturated rings. The van der Waals surface area contributed by atoms with Gasteiger partial charge in [-0.25, -0.2) is 5.10 Å². The Hall–Kier alpha value is -1.55. The summed E-state index contributed by atoms with van der Waals surface area (Å²) in [6.45, 7) is 1.90. The Morgan fingerprint density at radius 1 is 1.36 bits per heavy atom. The third kappa shape index (κ3) is 0.886. The van der Waals surface area contributed by atoms with E-state index in [0.29, 0.717) is 10.8 Å². The van der Waals surface area contributed by atoms with Crippen LogP contribution >= 0.6 is 11.6 Å². The number of nitrogens with zero attached hydrogens (tertiary/aromatic N) is 4. The van der Waals surface area contributed by atoms with Crippen molar-refractivity contribution in [1.29, 1.82) is 0 Å². The van der Waals surface area contributed by atoms with E-state index in [4.69, 9.17) is 11.6 Å². The van der Waals surface area contributed by atoms with Crippen molar-refractivity contribution in [3.8, 4) is 0 Å². The van der Waals surface area contributed by atoms with Crippen molar-refractivity contribution < 1.29 is 0 Å². The smallest absolute Gasteiger partial charge is 0.0626 e. The van der Waals surface area contributed by atoms with Crippen LogP contribution in [-0.2, 0) is 0 Å². The van der Waals surface area contributed by atoms with E-state index in [1.165, 1.54) is 0 Å². The Morgan fingerprint density at radius 3 is 3.07 bits per heavy atom. The van der Waals surface area contributed by atoms with Crippen LogP contribution in [0.1, 0.15) is 5.82 Å². The quantitative estimate of drug-likeness (QED) is 0.562. The fourth-order valence-corrected chi connectivity index (χ4v) is 1.75. The van der Waals surface area contributed by atoms with Gasteiger partial charge in [0, 0.05) is 21.8 Å². The van der Waals surface area contributed by atoms with Crippen LogP contribution in [0.3, 0.4) is 0 Å². The molecular formula is C9H6ClN4-. The van der Waals surface area contributed by atoms with Crippen LogP contribution in [0.5, 0.6) is 0 Å². The van der Waals surface area contributed by atoms with E-state index >= 15 is 0 Å². The molecule has 0 saturated heterocycles. The topological polar surface area (TPSA) is 44.3 Å². The molecule has 0 aliphatic heterocycles. The minimum absolute atomic E-state index is 0.625. The molecule has 0 aliphatic rings. The molecule has 2 aromatic heterocycles. The molecule has 70 valence electrons. The van der Waals surface area contributed by atoms with Crippen molar-refractivity contribution in [2.75, 3.05) is 0 Å². The van der Waals surface area contributed by atoms with Crippen molar-refractivity contribution in [3.63, 3.8) is 0 Å². The van der Waals surface area contributed by atoms with Gasteiger partial charge in [0.2, 0.25) is 0 Å². The molecule has 2 heterocycles. The van der Waals surface area contributed by atoms with E-state index in [2.05, 4.69) is 15.2 Å². The number of benzene rings is 1. The molecule has 3 rings (SSSR count). The van der Waals surface area contributed by atoms with Crippen molar-refractivity contribution in [2.24, 2.45) is 0 Å². The second-order valence-electron chi connectivity index (χ2n) is 3.13. The summed E-state index contributed by atoms with van der Waals surface area (Å²) < 4.78 is 1.91. The lowest BCUT2D eigenvalue weighted by molar-refractivity contribution is 1.02. The van der Waals surface area contributed by atoms with Crippen LogP contribution < -0.4 is 4.98 Å². The Balaban J connectivity index is 2.58. The van der Waals surface area contributed by atoms with Crippen LogP contribution in [0.15, 0.2) is 18.2 Å². The van der Waals surface area contributed by atoms with E-state index in [-0.39, 0.29) is 0 Å². The van der Waals surface area contributed by atoms with Gasteiger partial charge in [0.15, 0.2) is 0 Å². The number of hydrogen-bond donors (Lipinski definition) is 0. The van der Waals surface area contributed by atoms with Gasteiger partial charge in [-0.05, 0) is 19.1 Å². The van der Waals surface area contributed by atoms with Crippen LogP contribution in [0.2, 0.25) is 5.02 Å². The Bertz CT molecular complexity index is 622. The normalized spacial score (nSPS) is 11.6. The zero-order valence-electron chi connectivity index (χ0n) is 7.40. The zero-order valence-corrected chi connectivity index (χ0v) is 8.15. The first-order chi connectivity index (χ1) is 6.75. The van der Waals surface area contributed by atoms with Gasteiger partial charge in [-0.3, -0.25) is 5.10 Å². The molecule has 0 radical (unpaired) electrons. The second kappa shape index (κ2) is 2.48. The predicted octanol–water partition coefficient (Wildman–Crippen LogP) is 1.80. The molecule has 5 heteroatoms. The van der Waals surface area contributed by atoms with Crippen molar-refractivity contribution in [1.82, 2.24) is 19.6 Å². The average Bonchev–Trinajstić information content (AvgIpc) is 2.66. The summed E-state index contributed by atoms with van der Waals surface area (Å²) in [5, 5.41) is 8.57. The van der Waals surface area contributed by atoms with Crippen molar-refractivity contribution in [2.45, 2.75) is 6.92 Å². The van der Waals surface area contributed by atoms with Gasteiger partial charge >= 0.3 is 0 Å². The molecule has 4 nitrogen and oxygen atoms in total. The summed E-state index contributed by atoms with van der Waals surface area (Å²) >= 11 is 5.87. The first kappa shape index (κ1) is 7.82. The zero-order chi connectivity index (χ0) is 9.71. The van der Waals surface area contributed by atoms with Crippen LogP contribution in [0.4, 0.5) is 0 Å². The number of imidazole rings is 1. The monoisotopic (exact) mass is 205 g/mol. The SMILES string of the molecule is Cc1nnc2[n-]c3cc(Cl)ccc3n12. The summed E-state index contributed by atoms with van der Waals surface area (Å²) in [4.78, 5) is 4.30. The minimum atomic E-state index is 0.625. The maximum atomic E-state index is 5.87. The molecule has 0 saturated carbocycles. The molecule has 0 amide bonds. The van der Waals surface area contributed by atoms with Gasteiger partial charge in [-0.2, -0.15) is 0 Å². The Kier molecular flexibility index (Phi) is 1.39.